The molecule has 0 rings (SSSR count). The summed E-state index contributed by atoms with van der Waals surface area (Å²) >= 11 is 0. The highest BCUT2D eigenvalue weighted by Crippen LogP contribution is 2.43. The molecule has 510 valence electrons. The Kier molecular flexibility index (Phi) is 67.1. The van der Waals surface area contributed by atoms with Gasteiger partial charge in [0.2, 0.25) is 5.91 Å². The molecule has 0 fully saturated rings. The van der Waals surface area contributed by atoms with Crippen LogP contribution >= 0.6 is 7.82 Å². The molecule has 1 amide bonds. The zero-order valence-electron chi connectivity index (χ0n) is 58.6. The maximum Gasteiger partial charge on any atom is 0.472 e. The lowest BCUT2D eigenvalue weighted by Crippen LogP contribution is -2.45. The van der Waals surface area contributed by atoms with Gasteiger partial charge < -0.3 is 19.8 Å². The van der Waals surface area contributed by atoms with E-state index in [-0.39, 0.29) is 19.1 Å². The Morgan fingerprint density at radius 1 is 0.384 bits per heavy atom. The number of carbonyl (C=O) groups excluding carboxylic acids is 1. The molecule has 0 saturated carbocycles. The molecule has 0 heterocycles. The molecule has 0 aliphatic rings. The van der Waals surface area contributed by atoms with Crippen molar-refractivity contribution in [3.05, 3.63) is 36.5 Å². The van der Waals surface area contributed by atoms with Crippen LogP contribution in [0.15, 0.2) is 36.5 Å². The van der Waals surface area contributed by atoms with E-state index >= 15 is 0 Å². The van der Waals surface area contributed by atoms with Gasteiger partial charge in [-0.3, -0.25) is 13.8 Å². The van der Waals surface area contributed by atoms with Gasteiger partial charge in [-0.25, -0.2) is 4.57 Å². The Bertz CT molecular complexity index is 1500. The summed E-state index contributed by atoms with van der Waals surface area (Å²) in [4.78, 5) is 23.4. The number of hydrogen-bond acceptors (Lipinski definition) is 5. The number of likely N-dealkylation sites (N-methyl/N-ethyl adjacent to an activating group) is 1. The van der Waals surface area contributed by atoms with Crippen molar-refractivity contribution < 1.29 is 32.9 Å². The fourth-order valence-corrected chi connectivity index (χ4v) is 12.6. The molecule has 0 saturated heterocycles. The highest BCUT2D eigenvalue weighted by atomic mass is 31.2. The van der Waals surface area contributed by atoms with Gasteiger partial charge in [-0.05, 0) is 44.9 Å². The van der Waals surface area contributed by atoms with Crippen molar-refractivity contribution in [2.75, 3.05) is 40.9 Å². The molecule has 0 aromatic heterocycles. The van der Waals surface area contributed by atoms with E-state index in [1.807, 2.05) is 27.2 Å². The second-order valence-electron chi connectivity index (χ2n) is 27.7. The number of amides is 1. The Labute approximate surface area is 537 Å². The van der Waals surface area contributed by atoms with Crippen LogP contribution in [0.5, 0.6) is 0 Å². The third-order valence-corrected chi connectivity index (χ3v) is 18.8. The minimum absolute atomic E-state index is 0.0555. The number of aliphatic hydroxyl groups is 1. The normalized spacial score (nSPS) is 13.7. The van der Waals surface area contributed by atoms with Crippen molar-refractivity contribution in [2.24, 2.45) is 0 Å². The fourth-order valence-electron chi connectivity index (χ4n) is 11.9. The maximum atomic E-state index is 13.1. The first-order valence-electron chi connectivity index (χ1n) is 38.4. The van der Waals surface area contributed by atoms with Crippen molar-refractivity contribution in [3.8, 4) is 0 Å². The number of nitrogens with zero attached hydrogens (tertiary/aromatic N) is 1. The number of allylic oxidation sites excluding steroid dienone is 5. The van der Waals surface area contributed by atoms with Crippen molar-refractivity contribution in [3.63, 3.8) is 0 Å². The zero-order chi connectivity index (χ0) is 62.6. The largest absolute Gasteiger partial charge is 0.472 e. The van der Waals surface area contributed by atoms with Crippen LogP contribution in [0.3, 0.4) is 0 Å². The van der Waals surface area contributed by atoms with Gasteiger partial charge in [-0.1, -0.05) is 384 Å². The summed E-state index contributed by atoms with van der Waals surface area (Å²) in [6.45, 7) is 4.86. The van der Waals surface area contributed by atoms with Crippen molar-refractivity contribution in [2.45, 2.75) is 411 Å². The van der Waals surface area contributed by atoms with Crippen LogP contribution in [-0.2, 0) is 18.4 Å². The average Bonchev–Trinajstić information content (AvgIpc) is 3.70. The van der Waals surface area contributed by atoms with Gasteiger partial charge in [0.15, 0.2) is 0 Å². The number of rotatable bonds is 72. The molecular formula is C77H152N2O6P+. The summed E-state index contributed by atoms with van der Waals surface area (Å²) < 4.78 is 23.8. The number of nitrogens with one attached hydrogen (secondary N) is 1. The number of aliphatic hydroxyl groups excluding tert-OH is 1. The van der Waals surface area contributed by atoms with Gasteiger partial charge in [0, 0.05) is 6.42 Å². The lowest BCUT2D eigenvalue weighted by Gasteiger charge is -2.25. The predicted octanol–water partition coefficient (Wildman–Crippen LogP) is 24.8. The van der Waals surface area contributed by atoms with E-state index in [0.29, 0.717) is 17.4 Å². The van der Waals surface area contributed by atoms with E-state index in [1.165, 1.54) is 334 Å². The third kappa shape index (κ3) is 70.2. The monoisotopic (exact) mass is 1230 g/mol. The van der Waals surface area contributed by atoms with E-state index in [2.05, 4.69) is 43.5 Å². The molecular weight excluding hydrogens is 1080 g/mol. The number of hydrogen-bond donors (Lipinski definition) is 3. The van der Waals surface area contributed by atoms with Gasteiger partial charge in [0.1, 0.15) is 13.2 Å². The SMILES string of the molecule is CCCCCCCCCCCCCCCCCCCCC/C=C/CC/C=C/CC/C=C/C(O)C(COP(=O)(O)OCC[N+](C)(C)C)NC(=O)CCCCCCCCCCCCCCCCCCCCCCCCCCCCCCCCCCCCC. The van der Waals surface area contributed by atoms with Crippen LogP contribution in [0.25, 0.3) is 0 Å². The summed E-state index contributed by atoms with van der Waals surface area (Å²) in [5.74, 6) is -0.182. The molecule has 86 heavy (non-hydrogen) atoms. The van der Waals surface area contributed by atoms with E-state index in [9.17, 15) is 19.4 Å². The third-order valence-electron chi connectivity index (χ3n) is 17.8. The average molecular weight is 1230 g/mol. The minimum atomic E-state index is -4.37. The molecule has 8 nitrogen and oxygen atoms in total. The number of unbranched alkanes of at least 4 members (excludes halogenated alkanes) is 55. The molecule has 0 spiro atoms. The second kappa shape index (κ2) is 68.1. The summed E-state index contributed by atoms with van der Waals surface area (Å²) in [6.07, 6.45) is 92.0. The fraction of sp³-hybridized carbons (Fsp3) is 0.909. The number of phosphoric acid groups is 1. The maximum absolute atomic E-state index is 13.1. The van der Waals surface area contributed by atoms with Crippen LogP contribution in [0, 0.1) is 0 Å². The first kappa shape index (κ1) is 84.7. The summed E-state index contributed by atoms with van der Waals surface area (Å²) in [7, 11) is 1.56. The van der Waals surface area contributed by atoms with E-state index < -0.39 is 20.0 Å². The van der Waals surface area contributed by atoms with E-state index in [1.54, 1.807) is 6.08 Å². The zero-order valence-corrected chi connectivity index (χ0v) is 59.5. The van der Waals surface area contributed by atoms with Gasteiger partial charge >= 0.3 is 7.82 Å². The number of phosphoric ester groups is 1. The highest BCUT2D eigenvalue weighted by Gasteiger charge is 2.28. The van der Waals surface area contributed by atoms with Crippen LogP contribution in [0.1, 0.15) is 399 Å². The first-order valence-corrected chi connectivity index (χ1v) is 39.9. The second-order valence-corrected chi connectivity index (χ2v) is 29.2. The number of carbonyl (C=O) groups is 1. The molecule has 0 bridgehead atoms. The van der Waals surface area contributed by atoms with Gasteiger partial charge in [-0.15, -0.1) is 0 Å². The Morgan fingerprint density at radius 2 is 0.640 bits per heavy atom. The standard InChI is InChI=1S/C77H151N2O6P/c1-6-8-10-12-14-16-18-20-22-24-26-28-30-32-34-36-37-38-39-40-41-43-45-47-49-51-53-55-57-59-61-63-65-67-69-71-77(81)78-75(74-85-86(82,83)84-73-72-79(3,4)5)76(80)70-68-66-64-62-60-58-56-54-52-50-48-46-44-42-35-33-31-29-27-25-23-21-19-17-15-13-11-9-7-2/h52,54,60,62,68,70,75-76,80H,6-51,53,55-59,61,63-67,69,71-74H2,1-5H3,(H-,78,81,82,83)/p+1/b54-52+,62-60+,70-68+. The predicted molar refractivity (Wildman–Crippen MR) is 378 cm³/mol. The molecule has 3 atom stereocenters. The van der Waals surface area contributed by atoms with Crippen molar-refractivity contribution >= 4 is 13.7 Å². The van der Waals surface area contributed by atoms with Gasteiger partial charge in [0.25, 0.3) is 0 Å². The Morgan fingerprint density at radius 3 is 0.930 bits per heavy atom. The first-order chi connectivity index (χ1) is 42.0. The van der Waals surface area contributed by atoms with Crippen LogP contribution in [0.4, 0.5) is 0 Å². The lowest BCUT2D eigenvalue weighted by atomic mass is 10.0. The molecule has 0 aliphatic heterocycles. The molecule has 9 heteroatoms. The lowest BCUT2D eigenvalue weighted by molar-refractivity contribution is -0.870. The molecule has 0 radical (unpaired) electrons. The molecule has 0 aliphatic carbocycles. The van der Waals surface area contributed by atoms with E-state index in [4.69, 9.17) is 9.05 Å². The summed E-state index contributed by atoms with van der Waals surface area (Å²) in [6, 6.07) is -0.870. The summed E-state index contributed by atoms with van der Waals surface area (Å²) in [5.41, 5.74) is 0. The van der Waals surface area contributed by atoms with Gasteiger partial charge in [0.05, 0.1) is 39.9 Å². The van der Waals surface area contributed by atoms with Crippen LogP contribution in [-0.4, -0.2) is 73.4 Å². The minimum Gasteiger partial charge on any atom is -0.387 e. The Hall–Kier alpha value is -1.28. The van der Waals surface area contributed by atoms with Crippen LogP contribution < -0.4 is 5.32 Å². The quantitative estimate of drug-likeness (QED) is 0.0243. The Balaban J connectivity index is 4.01. The molecule has 0 aromatic rings. The number of quaternary nitrogens is 1. The summed E-state index contributed by atoms with van der Waals surface area (Å²) in [5, 5.41) is 14.0. The van der Waals surface area contributed by atoms with E-state index in [0.717, 1.165) is 44.9 Å². The highest BCUT2D eigenvalue weighted by molar-refractivity contribution is 7.47. The van der Waals surface area contributed by atoms with Crippen molar-refractivity contribution in [1.82, 2.24) is 5.32 Å². The van der Waals surface area contributed by atoms with Crippen molar-refractivity contribution in [1.29, 1.82) is 0 Å². The smallest absolute Gasteiger partial charge is 0.387 e. The van der Waals surface area contributed by atoms with Gasteiger partial charge in [-0.2, -0.15) is 0 Å². The topological polar surface area (TPSA) is 105 Å². The molecule has 3 unspecified atom stereocenters. The van der Waals surface area contributed by atoms with Crippen LogP contribution in [0.2, 0.25) is 0 Å². The molecule has 0 aromatic carbocycles. The molecule has 3 N–H and O–H groups in total.